The third-order valence-corrected chi connectivity index (χ3v) is 3.36. The van der Waals surface area contributed by atoms with Crippen LogP contribution in [0.3, 0.4) is 0 Å². The topological polar surface area (TPSA) is 89.6 Å². The predicted molar refractivity (Wildman–Crippen MR) is 85.3 cm³/mol. The quantitative estimate of drug-likeness (QED) is 0.798. The van der Waals surface area contributed by atoms with Crippen LogP contribution in [0.2, 0.25) is 10.0 Å². The number of halogens is 2. The number of hydrogen-bond acceptors (Lipinski definition) is 4. The van der Waals surface area contributed by atoms with E-state index < -0.39 is 29.5 Å². The van der Waals surface area contributed by atoms with Crippen molar-refractivity contribution < 1.29 is 19.4 Å². The maximum absolute atomic E-state index is 12.4. The van der Waals surface area contributed by atoms with Gasteiger partial charge in [-0.05, 0) is 38.5 Å². The molecule has 122 valence electrons. The van der Waals surface area contributed by atoms with Crippen molar-refractivity contribution in [2.75, 3.05) is 0 Å². The number of carbonyl (C=O) groups excluding carboxylic acids is 1. The number of benzene rings is 1. The molecule has 0 saturated heterocycles. The molecule has 1 aromatic carbocycles. The Hall–Kier alpha value is -1.30. The van der Waals surface area contributed by atoms with Gasteiger partial charge in [-0.25, -0.2) is 0 Å². The van der Waals surface area contributed by atoms with Crippen molar-refractivity contribution in [3.8, 4) is 0 Å². The Morgan fingerprint density at radius 2 is 1.91 bits per heavy atom. The Balaban J connectivity index is 3.21. The lowest BCUT2D eigenvalue weighted by Gasteiger charge is -2.27. The van der Waals surface area contributed by atoms with E-state index in [0.29, 0.717) is 10.6 Å². The Kier molecular flexibility index (Phi) is 6.23. The average molecular weight is 348 g/mol. The van der Waals surface area contributed by atoms with E-state index in [9.17, 15) is 9.59 Å². The van der Waals surface area contributed by atoms with Crippen LogP contribution in [-0.4, -0.2) is 28.7 Å². The first kappa shape index (κ1) is 18.7. The van der Waals surface area contributed by atoms with Crippen molar-refractivity contribution in [1.82, 2.24) is 0 Å². The third kappa shape index (κ3) is 5.48. The number of ether oxygens (including phenoxy) is 1. The fourth-order valence-electron chi connectivity index (χ4n) is 1.97. The zero-order valence-electron chi connectivity index (χ0n) is 12.6. The molecule has 0 heterocycles. The van der Waals surface area contributed by atoms with Gasteiger partial charge in [-0.2, -0.15) is 0 Å². The lowest BCUT2D eigenvalue weighted by Crippen LogP contribution is -2.39. The summed E-state index contributed by atoms with van der Waals surface area (Å²) in [5.41, 5.74) is 5.58. The molecular weight excluding hydrogens is 329 g/mol. The summed E-state index contributed by atoms with van der Waals surface area (Å²) in [6.07, 6.45) is -0.386. The van der Waals surface area contributed by atoms with Gasteiger partial charge in [0.1, 0.15) is 5.60 Å². The van der Waals surface area contributed by atoms with Gasteiger partial charge in [-0.3, -0.25) is 9.59 Å². The zero-order valence-corrected chi connectivity index (χ0v) is 14.1. The number of hydrogen-bond donors (Lipinski definition) is 2. The minimum absolute atomic E-state index is 0.240. The molecule has 0 radical (unpaired) electrons. The number of aliphatic carboxylic acids is 1. The van der Waals surface area contributed by atoms with Crippen LogP contribution in [-0.2, 0) is 14.3 Å². The van der Waals surface area contributed by atoms with Crippen LogP contribution >= 0.6 is 23.2 Å². The normalized spacial score (nSPS) is 14.3. The molecule has 7 heteroatoms. The van der Waals surface area contributed by atoms with Crippen molar-refractivity contribution in [1.29, 1.82) is 0 Å². The molecule has 2 unspecified atom stereocenters. The Labute approximate surface area is 139 Å². The number of carboxylic acids is 1. The van der Waals surface area contributed by atoms with Gasteiger partial charge in [-0.15, -0.1) is 0 Å². The first-order chi connectivity index (χ1) is 10.0. The summed E-state index contributed by atoms with van der Waals surface area (Å²) < 4.78 is 5.34. The third-order valence-electron chi connectivity index (χ3n) is 2.80. The number of carbonyl (C=O) groups is 2. The van der Waals surface area contributed by atoms with E-state index in [1.54, 1.807) is 32.9 Å². The molecule has 5 nitrogen and oxygen atoms in total. The van der Waals surface area contributed by atoms with Crippen LogP contribution in [0.5, 0.6) is 0 Å². The van der Waals surface area contributed by atoms with Gasteiger partial charge in [0.2, 0.25) is 0 Å². The van der Waals surface area contributed by atoms with Crippen molar-refractivity contribution in [3.63, 3.8) is 0 Å². The molecule has 2 atom stereocenters. The van der Waals surface area contributed by atoms with Crippen molar-refractivity contribution in [3.05, 3.63) is 33.8 Å². The van der Waals surface area contributed by atoms with E-state index in [1.165, 1.54) is 6.07 Å². The second-order valence-corrected chi connectivity index (χ2v) is 6.78. The highest BCUT2D eigenvalue weighted by atomic mass is 35.5. The van der Waals surface area contributed by atoms with Gasteiger partial charge in [0.15, 0.2) is 0 Å². The molecule has 3 N–H and O–H groups in total. The summed E-state index contributed by atoms with van der Waals surface area (Å²) in [7, 11) is 0. The smallest absolute Gasteiger partial charge is 0.315 e. The molecule has 1 aromatic rings. The molecule has 0 bridgehead atoms. The Morgan fingerprint density at radius 3 is 2.36 bits per heavy atom. The summed E-state index contributed by atoms with van der Waals surface area (Å²) in [6.45, 7) is 5.15. The second kappa shape index (κ2) is 7.31. The Morgan fingerprint density at radius 1 is 1.32 bits per heavy atom. The van der Waals surface area contributed by atoms with Crippen LogP contribution in [0.15, 0.2) is 18.2 Å². The highest BCUT2D eigenvalue weighted by molar-refractivity contribution is 6.35. The number of nitrogens with two attached hydrogens (primary N) is 1. The van der Waals surface area contributed by atoms with Gasteiger partial charge in [0, 0.05) is 16.1 Å². The monoisotopic (exact) mass is 347 g/mol. The molecule has 0 aliphatic rings. The maximum atomic E-state index is 12.4. The number of carboxylic acid groups (broad SMARTS) is 1. The fraction of sp³-hybridized carbons (Fsp3) is 0.467. The van der Waals surface area contributed by atoms with Crippen molar-refractivity contribution in [2.24, 2.45) is 5.73 Å². The van der Waals surface area contributed by atoms with E-state index in [-0.39, 0.29) is 11.4 Å². The first-order valence-electron chi connectivity index (χ1n) is 6.66. The minimum Gasteiger partial charge on any atom is -0.481 e. The van der Waals surface area contributed by atoms with Crippen LogP contribution in [0.25, 0.3) is 0 Å². The van der Waals surface area contributed by atoms with Gasteiger partial charge in [0.25, 0.3) is 0 Å². The largest absolute Gasteiger partial charge is 0.481 e. The molecule has 0 spiro atoms. The lowest BCUT2D eigenvalue weighted by molar-refractivity contribution is -0.157. The summed E-state index contributed by atoms with van der Waals surface area (Å²) in [6, 6.07) is 3.63. The standard InChI is InChI=1S/C15H19Cl2NO4/c1-15(2,3)22-14(21)13(11(18)7-12(19)20)9-5-4-8(16)6-10(9)17/h4-6,11,13H,7,18H2,1-3H3,(H,19,20). The maximum Gasteiger partial charge on any atom is 0.315 e. The van der Waals surface area contributed by atoms with Crippen molar-refractivity contribution >= 4 is 35.1 Å². The molecule has 22 heavy (non-hydrogen) atoms. The summed E-state index contributed by atoms with van der Waals surface area (Å²) in [5, 5.41) is 9.57. The molecule has 0 aliphatic heterocycles. The molecule has 0 aliphatic carbocycles. The zero-order chi connectivity index (χ0) is 17.1. The number of rotatable bonds is 5. The van der Waals surface area contributed by atoms with Crippen molar-refractivity contribution in [2.45, 2.75) is 44.8 Å². The predicted octanol–water partition coefficient (Wildman–Crippen LogP) is 3.22. The molecule has 0 amide bonds. The highest BCUT2D eigenvalue weighted by Crippen LogP contribution is 2.32. The molecular formula is C15H19Cl2NO4. The van der Waals surface area contributed by atoms with Crippen LogP contribution in [0.1, 0.15) is 38.7 Å². The molecule has 0 aromatic heterocycles. The second-order valence-electron chi connectivity index (χ2n) is 5.94. The lowest BCUT2D eigenvalue weighted by atomic mass is 9.89. The average Bonchev–Trinajstić information content (AvgIpc) is 2.28. The molecule has 0 saturated carbocycles. The summed E-state index contributed by atoms with van der Waals surface area (Å²) in [5.74, 6) is -2.71. The van der Waals surface area contributed by atoms with Gasteiger partial charge in [-0.1, -0.05) is 29.3 Å². The first-order valence-corrected chi connectivity index (χ1v) is 7.42. The molecule has 0 fully saturated rings. The SMILES string of the molecule is CC(C)(C)OC(=O)C(c1ccc(Cl)cc1Cl)C(N)CC(=O)O. The highest BCUT2D eigenvalue weighted by Gasteiger charge is 2.34. The van der Waals surface area contributed by atoms with Gasteiger partial charge in [0.05, 0.1) is 12.3 Å². The fourth-order valence-corrected chi connectivity index (χ4v) is 2.50. The van der Waals surface area contributed by atoms with E-state index in [4.69, 9.17) is 38.8 Å². The van der Waals surface area contributed by atoms with Crippen LogP contribution in [0.4, 0.5) is 0 Å². The minimum atomic E-state index is -1.11. The summed E-state index contributed by atoms with van der Waals surface area (Å²) in [4.78, 5) is 23.3. The van der Waals surface area contributed by atoms with Crippen LogP contribution < -0.4 is 5.73 Å². The van der Waals surface area contributed by atoms with E-state index in [1.807, 2.05) is 0 Å². The number of esters is 1. The van der Waals surface area contributed by atoms with E-state index >= 15 is 0 Å². The van der Waals surface area contributed by atoms with Gasteiger partial charge >= 0.3 is 11.9 Å². The van der Waals surface area contributed by atoms with Gasteiger partial charge < -0.3 is 15.6 Å². The summed E-state index contributed by atoms with van der Waals surface area (Å²) >= 11 is 12.0. The Bertz CT molecular complexity index is 569. The van der Waals surface area contributed by atoms with E-state index in [2.05, 4.69) is 0 Å². The molecule has 1 rings (SSSR count). The van der Waals surface area contributed by atoms with Crippen LogP contribution in [0, 0.1) is 0 Å². The van der Waals surface area contributed by atoms with E-state index in [0.717, 1.165) is 0 Å².